The molecule has 0 saturated carbocycles. The molecule has 4 aromatic carbocycles. The fourth-order valence-corrected chi connectivity index (χ4v) is 7.88. The normalized spacial score (nSPS) is 12.2. The van der Waals surface area contributed by atoms with Crippen molar-refractivity contribution >= 4 is 63.4 Å². The molecule has 0 amide bonds. The molecule has 0 unspecified atom stereocenters. The van der Waals surface area contributed by atoms with Crippen LogP contribution in [0.5, 0.6) is 0 Å². The first-order valence-corrected chi connectivity index (χ1v) is 14.8. The van der Waals surface area contributed by atoms with E-state index >= 15 is 0 Å². The highest BCUT2D eigenvalue weighted by atomic mass is 32.1. The lowest BCUT2D eigenvalue weighted by atomic mass is 9.99. The van der Waals surface area contributed by atoms with E-state index in [-0.39, 0.29) is 0 Å². The van der Waals surface area contributed by atoms with Crippen molar-refractivity contribution in [2.45, 2.75) is 0 Å². The molecule has 0 nitrogen and oxygen atoms in total. The second kappa shape index (κ2) is 10.9. The first-order chi connectivity index (χ1) is 19.6. The molecular formula is C38H28S2. The summed E-state index contributed by atoms with van der Waals surface area (Å²) >= 11 is 3.78. The summed E-state index contributed by atoms with van der Waals surface area (Å²) in [6, 6.07) is 31.1. The molecule has 0 N–H and O–H groups in total. The average molecular weight is 549 g/mol. The Kier molecular flexibility index (Phi) is 7.04. The molecule has 0 saturated heterocycles. The third-order valence-electron chi connectivity index (χ3n) is 7.22. The van der Waals surface area contributed by atoms with E-state index in [9.17, 15) is 0 Å². The molecule has 0 spiro atoms. The molecule has 192 valence electrons. The Morgan fingerprint density at radius 1 is 0.475 bits per heavy atom. The Morgan fingerprint density at radius 3 is 1.20 bits per heavy atom. The maximum Gasteiger partial charge on any atom is 0.0542 e. The van der Waals surface area contributed by atoms with Crippen LogP contribution >= 0.6 is 22.7 Å². The van der Waals surface area contributed by atoms with Crippen LogP contribution in [0, 0.1) is 0 Å². The molecule has 0 aliphatic rings. The van der Waals surface area contributed by atoms with Gasteiger partial charge < -0.3 is 0 Å². The van der Waals surface area contributed by atoms with Gasteiger partial charge in [-0.25, -0.2) is 0 Å². The highest BCUT2D eigenvalue weighted by molar-refractivity contribution is 7.36. The highest BCUT2D eigenvalue weighted by Gasteiger charge is 2.14. The monoisotopic (exact) mass is 548 g/mol. The van der Waals surface area contributed by atoms with E-state index in [0.29, 0.717) is 0 Å². The third kappa shape index (κ3) is 4.62. The molecule has 0 fully saturated rings. The summed E-state index contributed by atoms with van der Waals surface area (Å²) in [5.41, 5.74) is 9.33. The zero-order valence-corrected chi connectivity index (χ0v) is 23.8. The smallest absolute Gasteiger partial charge is 0.0542 e. The number of fused-ring (bicyclic) bond motifs is 5. The molecule has 6 aromatic rings. The van der Waals surface area contributed by atoms with Gasteiger partial charge in [0.25, 0.3) is 0 Å². The van der Waals surface area contributed by atoms with Crippen molar-refractivity contribution in [1.82, 2.24) is 0 Å². The lowest BCUT2D eigenvalue weighted by molar-refractivity contribution is 1.60. The summed E-state index contributed by atoms with van der Waals surface area (Å²) in [6.07, 6.45) is 11.3. The first kappa shape index (κ1) is 25.8. The summed E-state index contributed by atoms with van der Waals surface area (Å²) in [5, 5.41) is 2.67. The molecule has 0 radical (unpaired) electrons. The molecule has 6 rings (SSSR count). The summed E-state index contributed by atoms with van der Waals surface area (Å²) in [4.78, 5) is 0. The SMILES string of the molecule is C=C/C=C(\C=C)c1ccc(-c2ccc3c(c2)sc2c4ccc(-c5ccc(/C(C=C)=C/C=C)cc5)cc4sc32)cc1. The van der Waals surface area contributed by atoms with Crippen molar-refractivity contribution in [3.8, 4) is 22.3 Å². The van der Waals surface area contributed by atoms with Crippen LogP contribution in [0.4, 0.5) is 0 Å². The lowest BCUT2D eigenvalue weighted by Gasteiger charge is -2.06. The minimum absolute atomic E-state index is 1.07. The van der Waals surface area contributed by atoms with Crippen molar-refractivity contribution in [3.05, 3.63) is 159 Å². The van der Waals surface area contributed by atoms with E-state index in [1.807, 2.05) is 47.0 Å². The summed E-state index contributed by atoms with van der Waals surface area (Å²) in [6.45, 7) is 15.5. The second-order valence-electron chi connectivity index (χ2n) is 9.56. The third-order valence-corrected chi connectivity index (χ3v) is 9.72. The van der Waals surface area contributed by atoms with Gasteiger partial charge in [-0.1, -0.05) is 136 Å². The molecule has 2 aromatic heterocycles. The Labute approximate surface area is 243 Å². The van der Waals surface area contributed by atoms with E-state index in [4.69, 9.17) is 0 Å². The van der Waals surface area contributed by atoms with Crippen LogP contribution in [0.25, 0.3) is 63.0 Å². The molecule has 0 aliphatic heterocycles. The average Bonchev–Trinajstić information content (AvgIpc) is 3.54. The van der Waals surface area contributed by atoms with Crippen LogP contribution in [0.2, 0.25) is 0 Å². The van der Waals surface area contributed by atoms with E-state index in [2.05, 4.69) is 111 Å². The molecule has 0 atom stereocenters. The lowest BCUT2D eigenvalue weighted by Crippen LogP contribution is -1.82. The number of hydrogen-bond donors (Lipinski definition) is 0. The van der Waals surface area contributed by atoms with Crippen LogP contribution in [0.1, 0.15) is 11.1 Å². The van der Waals surface area contributed by atoms with Gasteiger partial charge in [0, 0.05) is 20.2 Å². The Morgan fingerprint density at radius 2 is 0.850 bits per heavy atom. The molecule has 2 heterocycles. The summed E-state index contributed by atoms with van der Waals surface area (Å²) in [5.74, 6) is 0. The fourth-order valence-electron chi connectivity index (χ4n) is 5.14. The van der Waals surface area contributed by atoms with Crippen LogP contribution in [-0.4, -0.2) is 0 Å². The van der Waals surface area contributed by atoms with Crippen molar-refractivity contribution in [3.63, 3.8) is 0 Å². The van der Waals surface area contributed by atoms with Crippen LogP contribution < -0.4 is 0 Å². The van der Waals surface area contributed by atoms with Crippen molar-refractivity contribution in [2.24, 2.45) is 0 Å². The Balaban J connectivity index is 1.33. The van der Waals surface area contributed by atoms with Gasteiger partial charge in [0.15, 0.2) is 0 Å². The minimum Gasteiger partial charge on any atom is -0.134 e. The quantitative estimate of drug-likeness (QED) is 0.166. The molecule has 40 heavy (non-hydrogen) atoms. The van der Waals surface area contributed by atoms with Crippen LogP contribution in [-0.2, 0) is 0 Å². The summed E-state index contributed by atoms with van der Waals surface area (Å²) in [7, 11) is 0. The summed E-state index contributed by atoms with van der Waals surface area (Å²) < 4.78 is 5.40. The minimum atomic E-state index is 1.07. The molecular weight excluding hydrogens is 521 g/mol. The fraction of sp³-hybridized carbons (Fsp3) is 0. The van der Waals surface area contributed by atoms with Gasteiger partial charge in [-0.2, -0.15) is 0 Å². The first-order valence-electron chi connectivity index (χ1n) is 13.1. The molecule has 0 aliphatic carbocycles. The van der Waals surface area contributed by atoms with Crippen LogP contribution in [0.3, 0.4) is 0 Å². The van der Waals surface area contributed by atoms with E-state index in [0.717, 1.165) is 22.3 Å². The van der Waals surface area contributed by atoms with Gasteiger partial charge in [0.2, 0.25) is 0 Å². The predicted molar refractivity (Wildman–Crippen MR) is 182 cm³/mol. The van der Waals surface area contributed by atoms with Crippen molar-refractivity contribution < 1.29 is 0 Å². The van der Waals surface area contributed by atoms with Crippen molar-refractivity contribution in [2.75, 3.05) is 0 Å². The van der Waals surface area contributed by atoms with Gasteiger partial charge in [-0.3, -0.25) is 0 Å². The molecule has 0 bridgehead atoms. The standard InChI is InChI=1S/C38H28S2/c1-5-9-25(7-3)27-11-15-29(16-12-27)31-19-21-33-35(23-31)39-38-34-22-20-32(24-36(34)40-37(33)38)30-17-13-28(14-18-30)26(8-4)10-6-2/h5-24H,1-4H2/b25-9+,26-10+. The number of allylic oxidation sites excluding steroid dienone is 8. The number of rotatable bonds is 8. The van der Waals surface area contributed by atoms with Crippen molar-refractivity contribution in [1.29, 1.82) is 0 Å². The maximum atomic E-state index is 3.92. The largest absolute Gasteiger partial charge is 0.134 e. The van der Waals surface area contributed by atoms with Crippen LogP contribution in [0.15, 0.2) is 148 Å². The Hall–Kier alpha value is -4.50. The number of thiophene rings is 2. The number of hydrogen-bond acceptors (Lipinski definition) is 2. The van der Waals surface area contributed by atoms with E-state index in [1.165, 1.54) is 51.8 Å². The van der Waals surface area contributed by atoms with E-state index in [1.54, 1.807) is 12.2 Å². The molecule has 2 heteroatoms. The zero-order valence-electron chi connectivity index (χ0n) is 22.2. The van der Waals surface area contributed by atoms with E-state index < -0.39 is 0 Å². The predicted octanol–water partition coefficient (Wildman–Crippen LogP) is 12.1. The Bertz CT molecular complexity index is 1840. The van der Waals surface area contributed by atoms with Gasteiger partial charge in [-0.05, 0) is 56.7 Å². The van der Waals surface area contributed by atoms with Gasteiger partial charge >= 0.3 is 0 Å². The van der Waals surface area contributed by atoms with Gasteiger partial charge in [0.05, 0.1) is 9.40 Å². The topological polar surface area (TPSA) is 0 Å². The zero-order chi connectivity index (χ0) is 27.6. The van der Waals surface area contributed by atoms with Gasteiger partial charge in [0.1, 0.15) is 0 Å². The van der Waals surface area contributed by atoms with Gasteiger partial charge in [-0.15, -0.1) is 22.7 Å². The maximum absolute atomic E-state index is 3.92. The second-order valence-corrected chi connectivity index (χ2v) is 11.7. The highest BCUT2D eigenvalue weighted by Crippen LogP contribution is 2.46. The number of benzene rings is 4.